The van der Waals surface area contributed by atoms with Gasteiger partial charge in [-0.1, -0.05) is 51.7 Å². The van der Waals surface area contributed by atoms with Crippen LogP contribution < -0.4 is 0 Å². The van der Waals surface area contributed by atoms with Crippen molar-refractivity contribution in [2.75, 3.05) is 0 Å². The molecule has 0 heterocycles. The second kappa shape index (κ2) is 6.70. The largest absolute Gasteiger partial charge is 0.393 e. The predicted octanol–water partition coefficient (Wildman–Crippen LogP) is 6.51. The van der Waals surface area contributed by atoms with Crippen LogP contribution in [0.25, 0.3) is 0 Å². The van der Waals surface area contributed by atoms with Crippen molar-refractivity contribution in [1.29, 1.82) is 0 Å². The summed E-state index contributed by atoms with van der Waals surface area (Å²) in [6, 6.07) is 0. The Bertz CT molecular complexity index is 522. The van der Waals surface area contributed by atoms with E-state index in [4.69, 9.17) is 0 Å². The Balaban J connectivity index is 1.54. The highest BCUT2D eigenvalue weighted by Crippen LogP contribution is 2.66. The van der Waals surface area contributed by atoms with Gasteiger partial charge in [0.15, 0.2) is 0 Å². The molecule has 0 aliphatic heterocycles. The number of hydrogen-bond acceptors (Lipinski definition) is 1. The lowest BCUT2D eigenvalue weighted by atomic mass is 9.47. The molecule has 0 aromatic carbocycles. The summed E-state index contributed by atoms with van der Waals surface area (Å²) in [5, 5.41) is 10.1. The second-order valence-electron chi connectivity index (χ2n) is 10.5. The van der Waals surface area contributed by atoms with Gasteiger partial charge in [-0.2, -0.15) is 0 Å². The summed E-state index contributed by atoms with van der Waals surface area (Å²) in [7, 11) is 0. The molecule has 4 aliphatic carbocycles. The van der Waals surface area contributed by atoms with Gasteiger partial charge in [-0.3, -0.25) is 0 Å². The van der Waals surface area contributed by atoms with Crippen LogP contribution in [0.3, 0.4) is 0 Å². The monoisotopic (exact) mass is 344 g/mol. The molecule has 0 aromatic rings. The smallest absolute Gasteiger partial charge is 0.0577 e. The Labute approximate surface area is 155 Å². The van der Waals surface area contributed by atoms with E-state index in [1.165, 1.54) is 64.2 Å². The summed E-state index contributed by atoms with van der Waals surface area (Å²) in [5.74, 6) is 3.79. The molecule has 0 saturated heterocycles. The van der Waals surface area contributed by atoms with E-state index in [9.17, 15) is 5.11 Å². The number of unbranched alkanes of at least 4 members (excludes halogenated alkanes) is 2. The SMILES string of the molecule is CCCCC[C@H]1CCC2[C@@H]3CC=C4C[C@@H](O)CCC4(C)C3CCC21C. The second-order valence-corrected chi connectivity index (χ2v) is 10.5. The van der Waals surface area contributed by atoms with E-state index >= 15 is 0 Å². The van der Waals surface area contributed by atoms with Crippen molar-refractivity contribution in [1.82, 2.24) is 0 Å². The molecule has 3 saturated carbocycles. The van der Waals surface area contributed by atoms with E-state index in [0.29, 0.717) is 10.8 Å². The van der Waals surface area contributed by atoms with Crippen molar-refractivity contribution in [2.45, 2.75) is 104 Å². The van der Waals surface area contributed by atoms with Gasteiger partial charge < -0.3 is 5.11 Å². The molecule has 0 radical (unpaired) electrons. The third-order valence-corrected chi connectivity index (χ3v) is 9.43. The van der Waals surface area contributed by atoms with Crippen molar-refractivity contribution in [3.63, 3.8) is 0 Å². The molecule has 4 rings (SSSR count). The van der Waals surface area contributed by atoms with Gasteiger partial charge in [0.2, 0.25) is 0 Å². The van der Waals surface area contributed by atoms with Crippen LogP contribution in [0.4, 0.5) is 0 Å². The minimum atomic E-state index is -0.0702. The highest BCUT2D eigenvalue weighted by molar-refractivity contribution is 5.25. The molecule has 0 spiro atoms. The summed E-state index contributed by atoms with van der Waals surface area (Å²) in [6.45, 7) is 7.56. The molecular formula is C24H40O. The Morgan fingerprint density at radius 3 is 2.68 bits per heavy atom. The van der Waals surface area contributed by atoms with Crippen molar-refractivity contribution in [3.05, 3.63) is 11.6 Å². The Hall–Kier alpha value is -0.300. The molecule has 4 unspecified atom stereocenters. The third kappa shape index (κ3) is 2.84. The average molecular weight is 345 g/mol. The summed E-state index contributed by atoms with van der Waals surface area (Å²) in [5.41, 5.74) is 2.66. The number of rotatable bonds is 4. The van der Waals surface area contributed by atoms with Gasteiger partial charge in [-0.05, 0) is 92.3 Å². The molecule has 1 nitrogen and oxygen atoms in total. The van der Waals surface area contributed by atoms with Crippen LogP contribution in [0.5, 0.6) is 0 Å². The van der Waals surface area contributed by atoms with Crippen LogP contribution in [0.15, 0.2) is 11.6 Å². The van der Waals surface area contributed by atoms with E-state index < -0.39 is 0 Å². The van der Waals surface area contributed by atoms with E-state index in [1.54, 1.807) is 5.57 Å². The Kier molecular flexibility index (Phi) is 4.84. The van der Waals surface area contributed by atoms with Gasteiger partial charge in [0.25, 0.3) is 0 Å². The van der Waals surface area contributed by atoms with Crippen molar-refractivity contribution in [2.24, 2.45) is 34.5 Å². The fourth-order valence-electron chi connectivity index (χ4n) is 7.87. The lowest BCUT2D eigenvalue weighted by Crippen LogP contribution is -2.50. The summed E-state index contributed by atoms with van der Waals surface area (Å²) in [6.07, 6.45) is 18.7. The van der Waals surface area contributed by atoms with Crippen molar-refractivity contribution in [3.8, 4) is 0 Å². The first-order valence-electron chi connectivity index (χ1n) is 11.4. The fourth-order valence-corrected chi connectivity index (χ4v) is 7.87. The molecule has 0 aromatic heterocycles. The molecule has 0 bridgehead atoms. The number of hydrogen-bond donors (Lipinski definition) is 1. The third-order valence-electron chi connectivity index (χ3n) is 9.43. The van der Waals surface area contributed by atoms with E-state index in [1.807, 2.05) is 0 Å². The summed E-state index contributed by atoms with van der Waals surface area (Å²) < 4.78 is 0. The number of aliphatic hydroxyl groups is 1. The normalized spacial score (nSPS) is 49.1. The van der Waals surface area contributed by atoms with Crippen LogP contribution in [0, 0.1) is 34.5 Å². The number of aliphatic hydroxyl groups excluding tert-OH is 1. The maximum atomic E-state index is 10.1. The zero-order chi connectivity index (χ0) is 17.7. The van der Waals surface area contributed by atoms with Crippen LogP contribution in [-0.2, 0) is 0 Å². The van der Waals surface area contributed by atoms with Gasteiger partial charge in [0.05, 0.1) is 6.10 Å². The van der Waals surface area contributed by atoms with Gasteiger partial charge in [-0.15, -0.1) is 0 Å². The maximum absolute atomic E-state index is 10.1. The maximum Gasteiger partial charge on any atom is 0.0577 e. The van der Waals surface area contributed by atoms with Gasteiger partial charge in [0, 0.05) is 0 Å². The number of fused-ring (bicyclic) bond motifs is 5. The molecule has 1 heteroatoms. The number of allylic oxidation sites excluding steroid dienone is 1. The molecule has 1 N–H and O–H groups in total. The lowest BCUT2D eigenvalue weighted by Gasteiger charge is -2.58. The minimum absolute atomic E-state index is 0.0702. The average Bonchev–Trinajstić information content (AvgIpc) is 2.92. The topological polar surface area (TPSA) is 20.2 Å². The zero-order valence-electron chi connectivity index (χ0n) is 16.9. The van der Waals surface area contributed by atoms with Gasteiger partial charge >= 0.3 is 0 Å². The highest BCUT2D eigenvalue weighted by Gasteiger charge is 2.58. The van der Waals surface area contributed by atoms with Crippen LogP contribution >= 0.6 is 0 Å². The molecule has 3 fully saturated rings. The first-order valence-corrected chi connectivity index (χ1v) is 11.4. The van der Waals surface area contributed by atoms with Crippen LogP contribution in [0.1, 0.15) is 97.8 Å². The summed E-state index contributed by atoms with van der Waals surface area (Å²) >= 11 is 0. The zero-order valence-corrected chi connectivity index (χ0v) is 16.9. The Morgan fingerprint density at radius 2 is 1.88 bits per heavy atom. The molecule has 0 amide bonds. The van der Waals surface area contributed by atoms with Crippen molar-refractivity contribution >= 4 is 0 Å². The Morgan fingerprint density at radius 1 is 1.04 bits per heavy atom. The quantitative estimate of drug-likeness (QED) is 0.455. The predicted molar refractivity (Wildman–Crippen MR) is 105 cm³/mol. The van der Waals surface area contributed by atoms with E-state index in [0.717, 1.165) is 36.5 Å². The van der Waals surface area contributed by atoms with Gasteiger partial charge in [-0.25, -0.2) is 0 Å². The fraction of sp³-hybridized carbons (Fsp3) is 0.917. The van der Waals surface area contributed by atoms with E-state index in [2.05, 4.69) is 26.8 Å². The molecular weight excluding hydrogens is 304 g/mol. The molecule has 142 valence electrons. The summed E-state index contributed by atoms with van der Waals surface area (Å²) in [4.78, 5) is 0. The lowest BCUT2D eigenvalue weighted by molar-refractivity contribution is -0.0508. The van der Waals surface area contributed by atoms with Crippen LogP contribution in [0.2, 0.25) is 0 Å². The van der Waals surface area contributed by atoms with Gasteiger partial charge in [0.1, 0.15) is 0 Å². The van der Waals surface area contributed by atoms with E-state index in [-0.39, 0.29) is 6.10 Å². The molecule has 7 atom stereocenters. The molecule has 25 heavy (non-hydrogen) atoms. The van der Waals surface area contributed by atoms with Crippen LogP contribution in [-0.4, -0.2) is 11.2 Å². The molecule has 4 aliphatic rings. The minimum Gasteiger partial charge on any atom is -0.393 e. The first kappa shape index (κ1) is 18.1. The highest BCUT2D eigenvalue weighted by atomic mass is 16.3. The first-order chi connectivity index (χ1) is 12.0. The standard InChI is InChI=1S/C24H40O/c1-4-5-6-7-17-9-11-21-20-10-8-18-16-19(25)12-14-24(18,3)22(20)13-15-23(17,21)2/h8,17,19-22,25H,4-7,9-16H2,1-3H3/t17-,19-,20-,21?,22?,23?,24?/m0/s1. The van der Waals surface area contributed by atoms with Crippen molar-refractivity contribution < 1.29 is 5.11 Å².